The zero-order valence-electron chi connectivity index (χ0n) is 12.7. The Hall–Kier alpha value is -0.860. The first-order chi connectivity index (χ1) is 9.88. The first-order valence-electron chi connectivity index (χ1n) is 8.41. The number of piperazine rings is 1. The summed E-state index contributed by atoms with van der Waals surface area (Å²) in [7, 11) is 0. The van der Waals surface area contributed by atoms with E-state index in [-0.39, 0.29) is 0 Å². The first kappa shape index (κ1) is 14.1. The summed E-state index contributed by atoms with van der Waals surface area (Å²) >= 11 is 0. The first-order valence-corrected chi connectivity index (χ1v) is 8.41. The molecule has 1 N–H and O–H groups in total. The van der Waals surface area contributed by atoms with E-state index in [0.29, 0.717) is 6.04 Å². The van der Waals surface area contributed by atoms with E-state index < -0.39 is 0 Å². The van der Waals surface area contributed by atoms with Crippen LogP contribution in [-0.2, 0) is 0 Å². The smallest absolute Gasteiger partial charge is 0.0449 e. The lowest BCUT2D eigenvalue weighted by molar-refractivity contribution is 0.112. The van der Waals surface area contributed by atoms with Gasteiger partial charge in [0.1, 0.15) is 0 Å². The number of unbranched alkanes of at least 4 members (excludes halogenated alkanes) is 2. The Morgan fingerprint density at radius 2 is 1.95 bits per heavy atom. The molecule has 0 radical (unpaired) electrons. The lowest BCUT2D eigenvalue weighted by Crippen LogP contribution is -2.53. The van der Waals surface area contributed by atoms with Gasteiger partial charge in [0, 0.05) is 25.2 Å². The molecule has 2 aliphatic rings. The Balaban J connectivity index is 1.63. The van der Waals surface area contributed by atoms with E-state index in [1.54, 1.807) is 0 Å². The minimum absolute atomic E-state index is 0.521. The van der Waals surface area contributed by atoms with Crippen molar-refractivity contribution in [3.05, 3.63) is 35.9 Å². The predicted molar refractivity (Wildman–Crippen MR) is 84.8 cm³/mol. The summed E-state index contributed by atoms with van der Waals surface area (Å²) in [6, 6.07) is 12.3. The fraction of sp³-hybridized carbons (Fsp3) is 0.667. The van der Waals surface area contributed by atoms with Crippen LogP contribution in [0.3, 0.4) is 0 Å². The van der Waals surface area contributed by atoms with Gasteiger partial charge < -0.3 is 5.32 Å². The van der Waals surface area contributed by atoms with Crippen LogP contribution in [-0.4, -0.2) is 30.6 Å². The second-order valence-corrected chi connectivity index (χ2v) is 6.48. The standard InChI is InChI=1S/C18H28N2/c1-2-3-7-12-20-14-17(15-8-5-4-6-9-15)19-13-18(20)16-10-11-16/h4-6,8-9,16-19H,2-3,7,10-14H2,1H3. The van der Waals surface area contributed by atoms with E-state index in [1.807, 2.05) is 0 Å². The summed E-state index contributed by atoms with van der Waals surface area (Å²) in [5, 5.41) is 3.79. The zero-order valence-corrected chi connectivity index (χ0v) is 12.7. The van der Waals surface area contributed by atoms with E-state index in [1.165, 1.54) is 57.3 Å². The van der Waals surface area contributed by atoms with Gasteiger partial charge in [-0.3, -0.25) is 4.90 Å². The Labute approximate surface area is 123 Å². The Bertz CT molecular complexity index is 399. The fourth-order valence-corrected chi connectivity index (χ4v) is 3.50. The molecule has 110 valence electrons. The molecule has 1 aromatic rings. The van der Waals surface area contributed by atoms with Crippen molar-refractivity contribution in [1.29, 1.82) is 0 Å². The molecule has 2 atom stereocenters. The maximum absolute atomic E-state index is 3.79. The monoisotopic (exact) mass is 272 g/mol. The van der Waals surface area contributed by atoms with Crippen molar-refractivity contribution >= 4 is 0 Å². The van der Waals surface area contributed by atoms with Crippen molar-refractivity contribution < 1.29 is 0 Å². The third-order valence-corrected chi connectivity index (χ3v) is 4.88. The summed E-state index contributed by atoms with van der Waals surface area (Å²) in [5.41, 5.74) is 1.45. The Kier molecular flexibility index (Phi) is 4.74. The molecule has 1 heterocycles. The van der Waals surface area contributed by atoms with Gasteiger partial charge in [-0.05, 0) is 37.3 Å². The van der Waals surface area contributed by atoms with E-state index in [4.69, 9.17) is 0 Å². The number of benzene rings is 1. The average molecular weight is 272 g/mol. The number of nitrogens with zero attached hydrogens (tertiary/aromatic N) is 1. The Morgan fingerprint density at radius 3 is 2.65 bits per heavy atom. The second-order valence-electron chi connectivity index (χ2n) is 6.48. The molecule has 2 nitrogen and oxygen atoms in total. The molecule has 1 saturated heterocycles. The van der Waals surface area contributed by atoms with Crippen LogP contribution in [0.1, 0.15) is 50.6 Å². The highest BCUT2D eigenvalue weighted by Gasteiger charge is 2.38. The molecule has 2 fully saturated rings. The lowest BCUT2D eigenvalue weighted by atomic mass is 9.99. The minimum Gasteiger partial charge on any atom is -0.307 e. The molecule has 1 aromatic carbocycles. The highest BCUT2D eigenvalue weighted by Crippen LogP contribution is 2.37. The van der Waals surface area contributed by atoms with Crippen molar-refractivity contribution in [2.45, 2.75) is 51.1 Å². The number of hydrogen-bond donors (Lipinski definition) is 1. The largest absolute Gasteiger partial charge is 0.307 e. The normalized spacial score (nSPS) is 27.6. The van der Waals surface area contributed by atoms with Gasteiger partial charge in [-0.25, -0.2) is 0 Å². The topological polar surface area (TPSA) is 15.3 Å². The molecule has 1 aliphatic heterocycles. The third kappa shape index (κ3) is 3.42. The second kappa shape index (κ2) is 6.73. The molecule has 0 aromatic heterocycles. The predicted octanol–water partition coefficient (Wildman–Crippen LogP) is 3.60. The number of hydrogen-bond acceptors (Lipinski definition) is 2. The van der Waals surface area contributed by atoms with Gasteiger partial charge in [-0.1, -0.05) is 50.1 Å². The minimum atomic E-state index is 0.521. The van der Waals surface area contributed by atoms with Gasteiger partial charge in [0.15, 0.2) is 0 Å². The van der Waals surface area contributed by atoms with Gasteiger partial charge in [0.05, 0.1) is 0 Å². The molecule has 0 amide bonds. The maximum Gasteiger partial charge on any atom is 0.0449 e. The highest BCUT2D eigenvalue weighted by atomic mass is 15.2. The number of rotatable bonds is 6. The maximum atomic E-state index is 3.79. The van der Waals surface area contributed by atoms with E-state index >= 15 is 0 Å². The molecule has 3 rings (SSSR count). The van der Waals surface area contributed by atoms with Crippen molar-refractivity contribution in [3.63, 3.8) is 0 Å². The van der Waals surface area contributed by atoms with Crippen LogP contribution in [0, 0.1) is 5.92 Å². The van der Waals surface area contributed by atoms with Crippen molar-refractivity contribution in [2.24, 2.45) is 5.92 Å². The molecule has 1 saturated carbocycles. The van der Waals surface area contributed by atoms with Gasteiger partial charge >= 0.3 is 0 Å². The summed E-state index contributed by atoms with van der Waals surface area (Å²) in [5.74, 6) is 0.973. The third-order valence-electron chi connectivity index (χ3n) is 4.88. The summed E-state index contributed by atoms with van der Waals surface area (Å²) < 4.78 is 0. The summed E-state index contributed by atoms with van der Waals surface area (Å²) in [4.78, 5) is 2.78. The molecular weight excluding hydrogens is 244 g/mol. The van der Waals surface area contributed by atoms with E-state index in [0.717, 1.165) is 12.0 Å². The van der Waals surface area contributed by atoms with E-state index in [2.05, 4.69) is 47.5 Å². The van der Waals surface area contributed by atoms with Gasteiger partial charge in [-0.2, -0.15) is 0 Å². The molecular formula is C18H28N2. The average Bonchev–Trinajstić information content (AvgIpc) is 3.33. The molecule has 2 heteroatoms. The van der Waals surface area contributed by atoms with Crippen molar-refractivity contribution in [2.75, 3.05) is 19.6 Å². The zero-order chi connectivity index (χ0) is 13.8. The molecule has 2 unspecified atom stereocenters. The van der Waals surface area contributed by atoms with Crippen LogP contribution in [0.25, 0.3) is 0 Å². The fourth-order valence-electron chi connectivity index (χ4n) is 3.50. The van der Waals surface area contributed by atoms with Gasteiger partial charge in [0.2, 0.25) is 0 Å². The molecule has 0 spiro atoms. The summed E-state index contributed by atoms with van der Waals surface area (Å²) in [6.07, 6.45) is 6.96. The van der Waals surface area contributed by atoms with Gasteiger partial charge in [0.25, 0.3) is 0 Å². The van der Waals surface area contributed by atoms with Crippen LogP contribution in [0.5, 0.6) is 0 Å². The van der Waals surface area contributed by atoms with Crippen LogP contribution in [0.15, 0.2) is 30.3 Å². The van der Waals surface area contributed by atoms with Gasteiger partial charge in [-0.15, -0.1) is 0 Å². The Morgan fingerprint density at radius 1 is 1.15 bits per heavy atom. The molecule has 0 bridgehead atoms. The van der Waals surface area contributed by atoms with Crippen LogP contribution >= 0.6 is 0 Å². The quantitative estimate of drug-likeness (QED) is 0.796. The molecule has 1 aliphatic carbocycles. The highest BCUT2D eigenvalue weighted by molar-refractivity contribution is 5.20. The van der Waals surface area contributed by atoms with Crippen LogP contribution < -0.4 is 5.32 Å². The van der Waals surface area contributed by atoms with Crippen molar-refractivity contribution in [3.8, 4) is 0 Å². The summed E-state index contributed by atoms with van der Waals surface area (Å²) in [6.45, 7) is 5.95. The van der Waals surface area contributed by atoms with E-state index in [9.17, 15) is 0 Å². The number of nitrogens with one attached hydrogen (secondary N) is 1. The van der Waals surface area contributed by atoms with Crippen LogP contribution in [0.4, 0.5) is 0 Å². The molecule has 20 heavy (non-hydrogen) atoms. The SMILES string of the molecule is CCCCCN1CC(c2ccccc2)NCC1C1CC1. The van der Waals surface area contributed by atoms with Crippen molar-refractivity contribution in [1.82, 2.24) is 10.2 Å². The lowest BCUT2D eigenvalue weighted by Gasteiger charge is -2.41. The van der Waals surface area contributed by atoms with Crippen LogP contribution in [0.2, 0.25) is 0 Å².